The first kappa shape index (κ1) is 18.7. The summed E-state index contributed by atoms with van der Waals surface area (Å²) in [5.74, 6) is -0.00773. The van der Waals surface area contributed by atoms with Crippen LogP contribution in [-0.4, -0.2) is 85.7 Å². The number of piperazine rings is 1. The fourth-order valence-corrected chi connectivity index (χ4v) is 3.33. The van der Waals surface area contributed by atoms with Gasteiger partial charge in [0.2, 0.25) is 5.91 Å². The van der Waals surface area contributed by atoms with Gasteiger partial charge < -0.3 is 19.9 Å². The number of benzene rings is 1. The highest BCUT2D eigenvalue weighted by atomic mass is 16.5. The molecule has 0 spiro atoms. The monoisotopic (exact) mass is 360 g/mol. The summed E-state index contributed by atoms with van der Waals surface area (Å²) in [5.41, 5.74) is 3.14. The Balaban J connectivity index is 1.45. The second-order valence-electron chi connectivity index (χ2n) is 6.94. The fraction of sp³-hybridized carbons (Fsp3) is 0.579. The number of carbonyl (C=O) groups is 2. The van der Waals surface area contributed by atoms with Gasteiger partial charge in [0.15, 0.2) is 0 Å². The second kappa shape index (κ2) is 8.51. The van der Waals surface area contributed by atoms with E-state index in [0.29, 0.717) is 45.9 Å². The van der Waals surface area contributed by atoms with Gasteiger partial charge in [-0.05, 0) is 31.0 Å². The topological polar surface area (TPSA) is 65.1 Å². The molecule has 0 atom stereocenters. The maximum atomic E-state index is 12.5. The zero-order valence-corrected chi connectivity index (χ0v) is 15.7. The number of nitrogens with one attached hydrogen (secondary N) is 1. The molecule has 7 heteroatoms. The number of urea groups is 1. The molecule has 0 saturated carbocycles. The maximum absolute atomic E-state index is 12.5. The average molecular weight is 360 g/mol. The third-order valence-electron chi connectivity index (χ3n) is 5.17. The molecular formula is C19H28N4O3. The fourth-order valence-electron chi connectivity index (χ4n) is 3.33. The standard InChI is InChI=1S/C19H28N4O3/c1-15-4-3-5-17(16(15)2)20-18(24)14-21-6-8-22(9-7-21)19(25)23-10-12-26-13-11-23/h3-5H,6-14H2,1-2H3,(H,20,24). The predicted octanol–water partition coefficient (Wildman–Crippen LogP) is 1.31. The van der Waals surface area contributed by atoms with Crippen molar-refractivity contribution in [2.24, 2.45) is 0 Å². The predicted molar refractivity (Wildman–Crippen MR) is 100 cm³/mol. The average Bonchev–Trinajstić information content (AvgIpc) is 2.66. The Bertz CT molecular complexity index is 650. The van der Waals surface area contributed by atoms with Crippen LogP contribution in [0.1, 0.15) is 11.1 Å². The van der Waals surface area contributed by atoms with Crippen LogP contribution in [0.25, 0.3) is 0 Å². The van der Waals surface area contributed by atoms with Gasteiger partial charge in [0, 0.05) is 45.0 Å². The molecule has 26 heavy (non-hydrogen) atoms. The Morgan fingerprint density at radius 2 is 1.65 bits per heavy atom. The molecule has 0 radical (unpaired) electrons. The van der Waals surface area contributed by atoms with Gasteiger partial charge in [0.05, 0.1) is 19.8 Å². The lowest BCUT2D eigenvalue weighted by Gasteiger charge is -2.38. The van der Waals surface area contributed by atoms with E-state index in [9.17, 15) is 9.59 Å². The molecule has 0 aliphatic carbocycles. The molecule has 3 amide bonds. The summed E-state index contributed by atoms with van der Waals surface area (Å²) in [6, 6.07) is 6.01. The van der Waals surface area contributed by atoms with E-state index in [0.717, 1.165) is 29.9 Å². The second-order valence-corrected chi connectivity index (χ2v) is 6.94. The van der Waals surface area contributed by atoms with Crippen LogP contribution in [0, 0.1) is 13.8 Å². The van der Waals surface area contributed by atoms with Crippen LogP contribution >= 0.6 is 0 Å². The number of nitrogens with zero attached hydrogens (tertiary/aromatic N) is 3. The Kier molecular flexibility index (Phi) is 6.11. The largest absolute Gasteiger partial charge is 0.378 e. The van der Waals surface area contributed by atoms with Crippen molar-refractivity contribution in [3.63, 3.8) is 0 Å². The molecule has 3 rings (SSSR count). The number of carbonyl (C=O) groups excluding carboxylic acids is 2. The quantitative estimate of drug-likeness (QED) is 0.883. The molecule has 2 aliphatic heterocycles. The van der Waals surface area contributed by atoms with Crippen molar-refractivity contribution in [2.45, 2.75) is 13.8 Å². The summed E-state index contributed by atoms with van der Waals surface area (Å²) in [4.78, 5) is 30.7. The Morgan fingerprint density at radius 1 is 1.00 bits per heavy atom. The van der Waals surface area contributed by atoms with Crippen LogP contribution in [0.15, 0.2) is 18.2 Å². The van der Waals surface area contributed by atoms with E-state index in [1.807, 2.05) is 41.8 Å². The number of hydrogen-bond acceptors (Lipinski definition) is 4. The molecule has 0 aromatic heterocycles. The van der Waals surface area contributed by atoms with Crippen LogP contribution in [0.4, 0.5) is 10.5 Å². The van der Waals surface area contributed by atoms with Crippen LogP contribution in [-0.2, 0) is 9.53 Å². The molecule has 0 unspecified atom stereocenters. The summed E-state index contributed by atoms with van der Waals surface area (Å²) in [5, 5.41) is 3.00. The van der Waals surface area contributed by atoms with Crippen molar-refractivity contribution in [3.05, 3.63) is 29.3 Å². The highest BCUT2D eigenvalue weighted by molar-refractivity contribution is 5.93. The molecule has 2 heterocycles. The number of anilines is 1. The minimum absolute atomic E-state index is 0.00773. The number of aryl methyl sites for hydroxylation is 1. The smallest absolute Gasteiger partial charge is 0.320 e. The van der Waals surface area contributed by atoms with Gasteiger partial charge in [0.1, 0.15) is 0 Å². The van der Waals surface area contributed by atoms with Crippen molar-refractivity contribution < 1.29 is 14.3 Å². The van der Waals surface area contributed by atoms with Crippen LogP contribution < -0.4 is 5.32 Å². The van der Waals surface area contributed by atoms with Gasteiger partial charge in [-0.2, -0.15) is 0 Å². The van der Waals surface area contributed by atoms with E-state index in [-0.39, 0.29) is 11.9 Å². The van der Waals surface area contributed by atoms with Crippen LogP contribution in [0.2, 0.25) is 0 Å². The van der Waals surface area contributed by atoms with E-state index < -0.39 is 0 Å². The summed E-state index contributed by atoms with van der Waals surface area (Å²) >= 11 is 0. The Labute approximate surface area is 154 Å². The minimum Gasteiger partial charge on any atom is -0.378 e. The molecule has 2 aliphatic rings. The van der Waals surface area contributed by atoms with E-state index >= 15 is 0 Å². The lowest BCUT2D eigenvalue weighted by Crippen LogP contribution is -2.55. The normalized spacial score (nSPS) is 18.7. The lowest BCUT2D eigenvalue weighted by atomic mass is 10.1. The van der Waals surface area contributed by atoms with Crippen LogP contribution in [0.5, 0.6) is 0 Å². The van der Waals surface area contributed by atoms with Crippen molar-refractivity contribution >= 4 is 17.6 Å². The molecule has 142 valence electrons. The summed E-state index contributed by atoms with van der Waals surface area (Å²) in [6.07, 6.45) is 0. The van der Waals surface area contributed by atoms with Gasteiger partial charge in [-0.15, -0.1) is 0 Å². The van der Waals surface area contributed by atoms with E-state index in [1.54, 1.807) is 0 Å². The number of amides is 3. The zero-order valence-electron chi connectivity index (χ0n) is 15.7. The lowest BCUT2D eigenvalue weighted by molar-refractivity contribution is -0.117. The Morgan fingerprint density at radius 3 is 2.35 bits per heavy atom. The summed E-state index contributed by atoms with van der Waals surface area (Å²) < 4.78 is 5.30. The summed E-state index contributed by atoms with van der Waals surface area (Å²) in [6.45, 7) is 9.72. The third-order valence-corrected chi connectivity index (χ3v) is 5.17. The van der Waals surface area contributed by atoms with Gasteiger partial charge in [-0.1, -0.05) is 12.1 Å². The molecule has 1 N–H and O–H groups in total. The highest BCUT2D eigenvalue weighted by Crippen LogP contribution is 2.18. The number of ether oxygens (including phenoxy) is 1. The van der Waals surface area contributed by atoms with Gasteiger partial charge in [-0.3, -0.25) is 9.69 Å². The first-order valence-electron chi connectivity index (χ1n) is 9.24. The first-order valence-corrected chi connectivity index (χ1v) is 9.24. The molecule has 7 nitrogen and oxygen atoms in total. The van der Waals surface area contributed by atoms with Gasteiger partial charge in [-0.25, -0.2) is 4.79 Å². The molecule has 1 aromatic carbocycles. The van der Waals surface area contributed by atoms with Crippen molar-refractivity contribution in [1.29, 1.82) is 0 Å². The van der Waals surface area contributed by atoms with Gasteiger partial charge in [0.25, 0.3) is 0 Å². The van der Waals surface area contributed by atoms with E-state index in [1.165, 1.54) is 0 Å². The van der Waals surface area contributed by atoms with E-state index in [4.69, 9.17) is 4.74 Å². The van der Waals surface area contributed by atoms with Gasteiger partial charge >= 0.3 is 6.03 Å². The zero-order chi connectivity index (χ0) is 18.5. The first-order chi connectivity index (χ1) is 12.5. The van der Waals surface area contributed by atoms with Crippen LogP contribution in [0.3, 0.4) is 0 Å². The molecular weight excluding hydrogens is 332 g/mol. The number of hydrogen-bond donors (Lipinski definition) is 1. The maximum Gasteiger partial charge on any atom is 0.320 e. The molecule has 2 fully saturated rings. The summed E-state index contributed by atoms with van der Waals surface area (Å²) in [7, 11) is 0. The number of rotatable bonds is 3. The van der Waals surface area contributed by atoms with Crippen molar-refractivity contribution in [3.8, 4) is 0 Å². The van der Waals surface area contributed by atoms with E-state index in [2.05, 4.69) is 10.2 Å². The minimum atomic E-state index is -0.00773. The van der Waals surface area contributed by atoms with Crippen molar-refractivity contribution in [2.75, 3.05) is 64.3 Å². The molecule has 2 saturated heterocycles. The Hall–Kier alpha value is -2.12. The SMILES string of the molecule is Cc1cccc(NC(=O)CN2CCN(C(=O)N3CCOCC3)CC2)c1C. The number of morpholine rings is 1. The highest BCUT2D eigenvalue weighted by Gasteiger charge is 2.27. The third kappa shape index (κ3) is 4.53. The molecule has 0 bridgehead atoms. The van der Waals surface area contributed by atoms with Crippen molar-refractivity contribution in [1.82, 2.24) is 14.7 Å². The molecule has 1 aromatic rings.